The summed E-state index contributed by atoms with van der Waals surface area (Å²) < 4.78 is 62.2. The zero-order chi connectivity index (χ0) is 23.5. The van der Waals surface area contributed by atoms with Crippen LogP contribution < -0.4 is 0 Å². The van der Waals surface area contributed by atoms with E-state index in [1.165, 1.54) is 0 Å². The van der Waals surface area contributed by atoms with Gasteiger partial charge in [0.05, 0.1) is 22.0 Å². The lowest BCUT2D eigenvalue weighted by Crippen LogP contribution is -2.33. The SMILES string of the molecule is Cc1ccc(S(=O)(=O)O[C@H]2CC[C@H](C)[C@@H](OS(=O)(=O)c3ccc(C)cc3)CC[C@@H]2C)cc1. The van der Waals surface area contributed by atoms with Crippen LogP contribution in [0, 0.1) is 25.7 Å². The highest BCUT2D eigenvalue weighted by atomic mass is 32.2. The molecular formula is C24H32O6S2. The van der Waals surface area contributed by atoms with Crippen LogP contribution in [0.5, 0.6) is 0 Å². The van der Waals surface area contributed by atoms with Crippen molar-refractivity contribution in [2.24, 2.45) is 11.8 Å². The maximum absolute atomic E-state index is 12.7. The predicted octanol–water partition coefficient (Wildman–Crippen LogP) is 5.00. The van der Waals surface area contributed by atoms with Gasteiger partial charge in [-0.3, -0.25) is 8.37 Å². The van der Waals surface area contributed by atoms with Gasteiger partial charge in [0.2, 0.25) is 0 Å². The molecule has 1 aliphatic carbocycles. The third-order valence-electron chi connectivity index (χ3n) is 6.20. The third kappa shape index (κ3) is 6.19. The van der Waals surface area contributed by atoms with E-state index in [4.69, 9.17) is 8.37 Å². The lowest BCUT2D eigenvalue weighted by Gasteiger charge is -2.32. The molecule has 3 rings (SSSR count). The second-order valence-electron chi connectivity index (χ2n) is 8.91. The second kappa shape index (κ2) is 10.0. The normalized spacial score (nSPS) is 25.1. The predicted molar refractivity (Wildman–Crippen MR) is 123 cm³/mol. The van der Waals surface area contributed by atoms with E-state index >= 15 is 0 Å². The Hall–Kier alpha value is -1.74. The minimum absolute atomic E-state index is 0.0593. The van der Waals surface area contributed by atoms with Crippen LogP contribution in [0.15, 0.2) is 58.3 Å². The monoisotopic (exact) mass is 480 g/mol. The van der Waals surface area contributed by atoms with Crippen molar-refractivity contribution in [2.45, 2.75) is 75.4 Å². The summed E-state index contributed by atoms with van der Waals surface area (Å²) in [6.07, 6.45) is 1.31. The second-order valence-corrected chi connectivity index (χ2v) is 12.1. The topological polar surface area (TPSA) is 86.7 Å². The molecule has 1 aliphatic rings. The summed E-state index contributed by atoms with van der Waals surface area (Å²) in [5.74, 6) is -0.119. The molecule has 0 saturated heterocycles. The molecule has 0 bridgehead atoms. The van der Waals surface area contributed by atoms with E-state index in [2.05, 4.69) is 0 Å². The molecule has 8 heteroatoms. The van der Waals surface area contributed by atoms with Gasteiger partial charge in [0.15, 0.2) is 0 Å². The first-order valence-corrected chi connectivity index (χ1v) is 13.8. The van der Waals surface area contributed by atoms with Crippen molar-refractivity contribution in [1.82, 2.24) is 0 Å². The van der Waals surface area contributed by atoms with Gasteiger partial charge in [-0.1, -0.05) is 49.2 Å². The number of rotatable bonds is 6. The molecule has 0 unspecified atom stereocenters. The molecule has 0 spiro atoms. The molecule has 0 radical (unpaired) electrons. The van der Waals surface area contributed by atoms with Crippen LogP contribution in [0.4, 0.5) is 0 Å². The molecule has 6 nitrogen and oxygen atoms in total. The van der Waals surface area contributed by atoms with Gasteiger partial charge < -0.3 is 0 Å². The molecule has 0 amide bonds. The summed E-state index contributed by atoms with van der Waals surface area (Å²) >= 11 is 0. The van der Waals surface area contributed by atoms with Crippen LogP contribution in [0.25, 0.3) is 0 Å². The summed E-state index contributed by atoms with van der Waals surface area (Å²) in [4.78, 5) is 0.298. The summed E-state index contributed by atoms with van der Waals surface area (Å²) in [7, 11) is -7.73. The zero-order valence-corrected chi connectivity index (χ0v) is 20.7. The molecule has 2 aromatic rings. The summed E-state index contributed by atoms with van der Waals surface area (Å²) in [6.45, 7) is 7.67. The molecule has 4 atom stereocenters. The van der Waals surface area contributed by atoms with E-state index in [0.29, 0.717) is 25.7 Å². The number of benzene rings is 2. The van der Waals surface area contributed by atoms with Gasteiger partial charge in [-0.15, -0.1) is 0 Å². The number of hydrogen-bond acceptors (Lipinski definition) is 6. The van der Waals surface area contributed by atoms with Gasteiger partial charge in [0.1, 0.15) is 0 Å². The number of hydrogen-bond donors (Lipinski definition) is 0. The molecule has 1 saturated carbocycles. The minimum atomic E-state index is -3.86. The molecule has 0 aromatic heterocycles. The molecule has 176 valence electrons. The Morgan fingerprint density at radius 1 is 0.594 bits per heavy atom. The molecule has 0 N–H and O–H groups in total. The lowest BCUT2D eigenvalue weighted by atomic mass is 9.84. The Morgan fingerprint density at radius 3 is 1.22 bits per heavy atom. The smallest absolute Gasteiger partial charge is 0.263 e. The van der Waals surface area contributed by atoms with E-state index in [-0.39, 0.29) is 21.6 Å². The molecule has 1 fully saturated rings. The van der Waals surface area contributed by atoms with Crippen molar-refractivity contribution < 1.29 is 25.2 Å². The van der Waals surface area contributed by atoms with Crippen molar-refractivity contribution in [3.8, 4) is 0 Å². The van der Waals surface area contributed by atoms with E-state index in [0.717, 1.165) is 11.1 Å². The van der Waals surface area contributed by atoms with Crippen molar-refractivity contribution in [2.75, 3.05) is 0 Å². The van der Waals surface area contributed by atoms with E-state index < -0.39 is 32.4 Å². The average Bonchev–Trinajstić information content (AvgIpc) is 2.73. The fourth-order valence-corrected chi connectivity index (χ4v) is 6.31. The van der Waals surface area contributed by atoms with Crippen molar-refractivity contribution in [3.63, 3.8) is 0 Å². The fourth-order valence-electron chi connectivity index (χ4n) is 3.93. The van der Waals surface area contributed by atoms with Gasteiger partial charge in [0.25, 0.3) is 20.2 Å². The zero-order valence-electron chi connectivity index (χ0n) is 19.0. The van der Waals surface area contributed by atoms with Crippen LogP contribution in [0.2, 0.25) is 0 Å². The van der Waals surface area contributed by atoms with Crippen LogP contribution in [0.1, 0.15) is 50.7 Å². The van der Waals surface area contributed by atoms with Crippen molar-refractivity contribution in [1.29, 1.82) is 0 Å². The van der Waals surface area contributed by atoms with Crippen LogP contribution in [-0.2, 0) is 28.6 Å². The lowest BCUT2D eigenvalue weighted by molar-refractivity contribution is 0.0641. The average molecular weight is 481 g/mol. The molecule has 0 heterocycles. The van der Waals surface area contributed by atoms with Crippen LogP contribution in [0.3, 0.4) is 0 Å². The van der Waals surface area contributed by atoms with E-state index in [9.17, 15) is 16.8 Å². The van der Waals surface area contributed by atoms with Gasteiger partial charge in [-0.25, -0.2) is 0 Å². The van der Waals surface area contributed by atoms with Gasteiger partial charge >= 0.3 is 0 Å². The summed E-state index contributed by atoms with van der Waals surface area (Å²) in [5, 5.41) is 0. The Balaban J connectivity index is 1.67. The third-order valence-corrected chi connectivity index (χ3v) is 8.90. The maximum atomic E-state index is 12.7. The van der Waals surface area contributed by atoms with Crippen LogP contribution in [-0.4, -0.2) is 29.0 Å². The van der Waals surface area contributed by atoms with Crippen molar-refractivity contribution in [3.05, 3.63) is 59.7 Å². The Labute approximate surface area is 192 Å². The highest BCUT2D eigenvalue weighted by Crippen LogP contribution is 2.33. The van der Waals surface area contributed by atoms with Gasteiger partial charge in [-0.2, -0.15) is 16.8 Å². The van der Waals surface area contributed by atoms with Gasteiger partial charge in [0, 0.05) is 0 Å². The minimum Gasteiger partial charge on any atom is -0.263 e. The van der Waals surface area contributed by atoms with E-state index in [1.54, 1.807) is 48.5 Å². The Bertz CT molecular complexity index is 1010. The molecular weight excluding hydrogens is 448 g/mol. The van der Waals surface area contributed by atoms with Crippen LogP contribution >= 0.6 is 0 Å². The first-order chi connectivity index (χ1) is 15.0. The molecule has 2 aromatic carbocycles. The fraction of sp³-hybridized carbons (Fsp3) is 0.500. The molecule has 32 heavy (non-hydrogen) atoms. The Morgan fingerprint density at radius 2 is 0.906 bits per heavy atom. The molecule has 0 aliphatic heterocycles. The standard InChI is InChI=1S/C24H32O6S2/c1-17-5-11-21(12-6-17)31(25,26)29-23-15-9-20(4)24(16-10-19(23)3)30-32(27,28)22-13-7-18(2)8-14-22/h5-8,11-14,19-20,23-24H,9-10,15-16H2,1-4H3/t19-,20-,23-,24-/m0/s1. The summed E-state index contributed by atoms with van der Waals surface area (Å²) in [6, 6.07) is 13.2. The highest BCUT2D eigenvalue weighted by molar-refractivity contribution is 7.87. The maximum Gasteiger partial charge on any atom is 0.297 e. The van der Waals surface area contributed by atoms with Crippen molar-refractivity contribution >= 4 is 20.2 Å². The highest BCUT2D eigenvalue weighted by Gasteiger charge is 2.33. The number of aryl methyl sites for hydroxylation is 2. The Kier molecular flexibility index (Phi) is 7.81. The van der Waals surface area contributed by atoms with Gasteiger partial charge in [-0.05, 0) is 75.6 Å². The quantitative estimate of drug-likeness (QED) is 0.541. The first kappa shape index (κ1) is 24.9. The van der Waals surface area contributed by atoms with E-state index in [1.807, 2.05) is 27.7 Å². The first-order valence-electron chi connectivity index (χ1n) is 11.0. The largest absolute Gasteiger partial charge is 0.297 e. The summed E-state index contributed by atoms with van der Waals surface area (Å²) in [5.41, 5.74) is 1.95.